The predicted molar refractivity (Wildman–Crippen MR) is 164 cm³/mol. The van der Waals surface area contributed by atoms with Crippen molar-refractivity contribution in [1.82, 2.24) is 9.38 Å². The molecule has 212 valence electrons. The van der Waals surface area contributed by atoms with Gasteiger partial charge in [0.25, 0.3) is 5.56 Å². The van der Waals surface area contributed by atoms with Gasteiger partial charge in [-0.05, 0) is 63.2 Å². The van der Waals surface area contributed by atoms with Crippen LogP contribution in [0, 0.1) is 28.6 Å². The molecular weight excluding hydrogens is 580 g/mol. The van der Waals surface area contributed by atoms with Gasteiger partial charge >= 0.3 is 5.97 Å². The Kier molecular flexibility index (Phi) is 7.96. The van der Waals surface area contributed by atoms with Crippen LogP contribution in [-0.4, -0.2) is 28.5 Å². The molecule has 1 aliphatic rings. The number of benzene rings is 1. The molecule has 1 saturated carbocycles. The number of anilines is 2. The lowest BCUT2D eigenvalue weighted by Crippen LogP contribution is -2.49. The second-order valence-electron chi connectivity index (χ2n) is 13.1. The van der Waals surface area contributed by atoms with Crippen LogP contribution in [0.3, 0.4) is 0 Å². The number of hydrogen-bond donors (Lipinski definition) is 3. The zero-order valence-electron chi connectivity index (χ0n) is 24.0. The SMILES string of the molecule is CNc1c(N)[nH]c2c(C(=O)OC3C(C(C)(C)C)CC(C)CC3C(C)(C)C)c(-c3ccc(Cl)cc3)c(Br)n2c1=O. The Hall–Kier alpha value is -2.45. The predicted octanol–water partition coefficient (Wildman–Crippen LogP) is 7.61. The van der Waals surface area contributed by atoms with Crippen LogP contribution in [0.1, 0.15) is 71.7 Å². The molecule has 4 rings (SSSR count). The minimum absolute atomic E-state index is 0.0635. The Bertz CT molecular complexity index is 1420. The molecule has 1 aromatic carbocycles. The maximum Gasteiger partial charge on any atom is 0.342 e. The smallest absolute Gasteiger partial charge is 0.342 e. The van der Waals surface area contributed by atoms with Gasteiger partial charge in [-0.2, -0.15) is 0 Å². The van der Waals surface area contributed by atoms with E-state index in [1.807, 2.05) is 12.1 Å². The number of halogens is 2. The van der Waals surface area contributed by atoms with Crippen LogP contribution in [0.15, 0.2) is 33.7 Å². The number of carbonyl (C=O) groups excluding carboxylic acids is 1. The number of carbonyl (C=O) groups is 1. The van der Waals surface area contributed by atoms with Crippen molar-refractivity contribution >= 4 is 50.7 Å². The summed E-state index contributed by atoms with van der Waals surface area (Å²) >= 11 is 9.79. The molecule has 2 atom stereocenters. The highest BCUT2D eigenvalue weighted by Gasteiger charge is 2.48. The lowest BCUT2D eigenvalue weighted by molar-refractivity contribution is -0.0922. The molecule has 4 N–H and O–H groups in total. The Morgan fingerprint density at radius 3 is 2.13 bits per heavy atom. The van der Waals surface area contributed by atoms with E-state index in [9.17, 15) is 9.59 Å². The summed E-state index contributed by atoms with van der Waals surface area (Å²) in [5.41, 5.74) is 7.73. The summed E-state index contributed by atoms with van der Waals surface area (Å²) in [4.78, 5) is 30.9. The molecule has 2 heterocycles. The summed E-state index contributed by atoms with van der Waals surface area (Å²) in [6.07, 6.45) is 1.67. The monoisotopic (exact) mass is 618 g/mol. The number of hydrogen-bond acceptors (Lipinski definition) is 5. The van der Waals surface area contributed by atoms with Crippen LogP contribution >= 0.6 is 27.5 Å². The van der Waals surface area contributed by atoms with Crippen LogP contribution in [0.5, 0.6) is 0 Å². The first kappa shape index (κ1) is 29.5. The second-order valence-corrected chi connectivity index (χ2v) is 14.3. The third-order valence-corrected chi connectivity index (χ3v) is 9.22. The van der Waals surface area contributed by atoms with Gasteiger partial charge < -0.3 is 20.8 Å². The zero-order chi connectivity index (χ0) is 29.0. The van der Waals surface area contributed by atoms with Gasteiger partial charge in [0.05, 0.1) is 0 Å². The first-order chi connectivity index (χ1) is 18.1. The van der Waals surface area contributed by atoms with E-state index < -0.39 is 5.97 Å². The van der Waals surface area contributed by atoms with Crippen molar-refractivity contribution in [3.8, 4) is 11.1 Å². The molecule has 3 aromatic rings. The fourth-order valence-electron chi connectivity index (χ4n) is 6.14. The number of aromatic nitrogens is 2. The molecule has 7 nitrogen and oxygen atoms in total. The summed E-state index contributed by atoms with van der Waals surface area (Å²) < 4.78 is 8.43. The van der Waals surface area contributed by atoms with Crippen molar-refractivity contribution < 1.29 is 9.53 Å². The average Bonchev–Trinajstić information content (AvgIpc) is 3.11. The van der Waals surface area contributed by atoms with E-state index in [2.05, 4.69) is 74.7 Å². The van der Waals surface area contributed by atoms with E-state index >= 15 is 0 Å². The van der Waals surface area contributed by atoms with Gasteiger partial charge in [-0.25, -0.2) is 4.79 Å². The van der Waals surface area contributed by atoms with Crippen molar-refractivity contribution in [3.05, 3.63) is 49.8 Å². The molecular formula is C30H40BrClN4O3. The number of nitrogens with zero attached hydrogens (tertiary/aromatic N) is 1. The van der Waals surface area contributed by atoms with Gasteiger partial charge in [-0.3, -0.25) is 9.20 Å². The van der Waals surface area contributed by atoms with E-state index in [0.717, 1.165) is 18.4 Å². The highest BCUT2D eigenvalue weighted by Crippen LogP contribution is 2.50. The molecule has 0 bridgehead atoms. The van der Waals surface area contributed by atoms with Gasteiger partial charge in [0.2, 0.25) is 0 Å². The summed E-state index contributed by atoms with van der Waals surface area (Å²) in [6.45, 7) is 15.6. The minimum atomic E-state index is -0.488. The normalized spacial score (nSPS) is 22.2. The largest absolute Gasteiger partial charge is 0.458 e. The number of nitrogens with one attached hydrogen (secondary N) is 2. The van der Waals surface area contributed by atoms with Crippen molar-refractivity contribution in [2.45, 2.75) is 67.4 Å². The summed E-state index contributed by atoms with van der Waals surface area (Å²) in [5.74, 6) is 0.525. The quantitative estimate of drug-likeness (QED) is 0.261. The second kappa shape index (κ2) is 10.5. The zero-order valence-corrected chi connectivity index (χ0v) is 26.4. The molecule has 0 saturated heterocycles. The van der Waals surface area contributed by atoms with Crippen molar-refractivity contribution in [3.63, 3.8) is 0 Å². The molecule has 2 aromatic heterocycles. The third-order valence-electron chi connectivity index (χ3n) is 8.21. The standard InChI is InChI=1S/C30H40BrClN4O3/c1-15-13-18(29(2,3)4)23(19(14-15)30(5,6)7)39-28(38)21-20(16-9-11-17(32)12-10-16)24(31)36-26(21)35-25(33)22(34-8)27(36)37/h9-12,15,18-19,23,34-35H,13-14,33H2,1-8H3. The molecule has 1 aliphatic carbocycles. The summed E-state index contributed by atoms with van der Waals surface area (Å²) in [7, 11) is 1.63. The first-order valence-electron chi connectivity index (χ1n) is 13.5. The summed E-state index contributed by atoms with van der Waals surface area (Å²) in [5, 5.41) is 3.43. The Labute approximate surface area is 244 Å². The van der Waals surface area contributed by atoms with Crippen LogP contribution in [0.4, 0.5) is 11.5 Å². The molecule has 39 heavy (non-hydrogen) atoms. The Morgan fingerprint density at radius 1 is 1.10 bits per heavy atom. The maximum absolute atomic E-state index is 14.3. The topological polar surface area (TPSA) is 102 Å². The Balaban J connectivity index is 1.95. The molecule has 0 amide bonds. The van der Waals surface area contributed by atoms with E-state index in [4.69, 9.17) is 22.1 Å². The van der Waals surface area contributed by atoms with Crippen molar-refractivity contribution in [1.29, 1.82) is 0 Å². The molecule has 2 unspecified atom stereocenters. The number of nitrogens with two attached hydrogens (primary N) is 1. The van der Waals surface area contributed by atoms with Gasteiger partial charge in [0.15, 0.2) is 0 Å². The van der Waals surface area contributed by atoms with E-state index in [1.165, 1.54) is 4.40 Å². The van der Waals surface area contributed by atoms with E-state index in [1.54, 1.807) is 19.2 Å². The number of H-pyrrole nitrogens is 1. The van der Waals surface area contributed by atoms with Gasteiger partial charge in [0.1, 0.15) is 33.4 Å². The molecule has 0 radical (unpaired) electrons. The maximum atomic E-state index is 14.3. The number of rotatable bonds is 4. The van der Waals surface area contributed by atoms with Crippen molar-refractivity contribution in [2.75, 3.05) is 18.1 Å². The van der Waals surface area contributed by atoms with Crippen LogP contribution in [0.25, 0.3) is 16.8 Å². The fourth-order valence-corrected chi connectivity index (χ4v) is 7.03. The first-order valence-corrected chi connectivity index (χ1v) is 14.6. The minimum Gasteiger partial charge on any atom is -0.458 e. The van der Waals surface area contributed by atoms with Gasteiger partial charge in [-0.1, -0.05) is 72.2 Å². The van der Waals surface area contributed by atoms with Crippen LogP contribution in [-0.2, 0) is 4.74 Å². The van der Waals surface area contributed by atoms with Crippen molar-refractivity contribution in [2.24, 2.45) is 28.6 Å². The average molecular weight is 620 g/mol. The van der Waals surface area contributed by atoms with E-state index in [0.29, 0.717) is 21.1 Å². The lowest BCUT2D eigenvalue weighted by Gasteiger charge is -2.50. The molecule has 0 aliphatic heterocycles. The molecule has 1 fully saturated rings. The van der Waals surface area contributed by atoms with E-state index in [-0.39, 0.29) is 57.0 Å². The lowest BCUT2D eigenvalue weighted by atomic mass is 9.59. The third kappa shape index (κ3) is 5.47. The van der Waals surface area contributed by atoms with Gasteiger partial charge in [-0.15, -0.1) is 0 Å². The highest BCUT2D eigenvalue weighted by molar-refractivity contribution is 9.10. The van der Waals surface area contributed by atoms with Crippen LogP contribution in [0.2, 0.25) is 5.02 Å². The number of nitrogen functional groups attached to an aromatic ring is 1. The highest BCUT2D eigenvalue weighted by atomic mass is 79.9. The Morgan fingerprint density at radius 2 is 1.64 bits per heavy atom. The fraction of sp³-hybridized carbons (Fsp3) is 0.533. The van der Waals surface area contributed by atoms with Gasteiger partial charge in [0, 0.05) is 29.5 Å². The number of ether oxygens (including phenoxy) is 1. The molecule has 9 heteroatoms. The number of aromatic amines is 1. The van der Waals surface area contributed by atoms with Crippen LogP contribution < -0.4 is 16.6 Å². The number of esters is 1. The number of fused-ring (bicyclic) bond motifs is 1. The molecule has 0 spiro atoms. The summed E-state index contributed by atoms with van der Waals surface area (Å²) in [6, 6.07) is 7.15.